The molecular weight excluding hydrogens is 242 g/mol. The van der Waals surface area contributed by atoms with E-state index < -0.39 is 5.54 Å². The third-order valence-corrected chi connectivity index (χ3v) is 4.01. The molecule has 0 radical (unpaired) electrons. The van der Waals surface area contributed by atoms with E-state index in [9.17, 15) is 4.79 Å². The molecule has 1 aliphatic rings. The average molecular weight is 265 g/mol. The molecule has 2 heterocycles. The Kier molecular flexibility index (Phi) is 3.94. The van der Waals surface area contributed by atoms with Gasteiger partial charge in [-0.25, -0.2) is 0 Å². The number of carbonyl (C=O) groups is 1. The lowest BCUT2D eigenvalue weighted by Gasteiger charge is -2.36. The van der Waals surface area contributed by atoms with Gasteiger partial charge in [-0.05, 0) is 46.6 Å². The van der Waals surface area contributed by atoms with Crippen molar-refractivity contribution in [1.29, 1.82) is 0 Å². The lowest BCUT2D eigenvalue weighted by molar-refractivity contribution is -0.137. The number of nitrogens with zero attached hydrogens (tertiary/aromatic N) is 2. The maximum Gasteiger partial charge on any atom is 0.242 e. The number of amides is 1. The Morgan fingerprint density at radius 2 is 2.21 bits per heavy atom. The van der Waals surface area contributed by atoms with Crippen LogP contribution in [0.1, 0.15) is 43.2 Å². The minimum Gasteiger partial charge on any atom is -0.361 e. The SMILES string of the molecule is Cc1noc(C)c1CN(C)C(=O)[C@]1(C)CCCCN1. The van der Waals surface area contributed by atoms with Gasteiger partial charge in [-0.3, -0.25) is 4.79 Å². The van der Waals surface area contributed by atoms with E-state index in [0.717, 1.165) is 42.8 Å². The Labute approximate surface area is 114 Å². The highest BCUT2D eigenvalue weighted by molar-refractivity contribution is 5.85. The average Bonchev–Trinajstić information content (AvgIpc) is 2.70. The Morgan fingerprint density at radius 3 is 2.74 bits per heavy atom. The van der Waals surface area contributed by atoms with Crippen molar-refractivity contribution in [3.8, 4) is 0 Å². The fourth-order valence-electron chi connectivity index (χ4n) is 2.70. The second-order valence-corrected chi connectivity index (χ2v) is 5.68. The van der Waals surface area contributed by atoms with E-state index in [1.165, 1.54) is 0 Å². The molecule has 0 bridgehead atoms. The van der Waals surface area contributed by atoms with Crippen molar-refractivity contribution in [2.24, 2.45) is 0 Å². The van der Waals surface area contributed by atoms with Crippen LogP contribution in [0, 0.1) is 13.8 Å². The first-order chi connectivity index (χ1) is 8.94. The summed E-state index contributed by atoms with van der Waals surface area (Å²) < 4.78 is 5.14. The minimum atomic E-state index is -0.425. The van der Waals surface area contributed by atoms with Gasteiger partial charge in [0.1, 0.15) is 5.76 Å². The molecule has 1 saturated heterocycles. The van der Waals surface area contributed by atoms with Crippen LogP contribution in [0.25, 0.3) is 0 Å². The van der Waals surface area contributed by atoms with Crippen LogP contribution in [-0.4, -0.2) is 35.1 Å². The fraction of sp³-hybridized carbons (Fsp3) is 0.714. The topological polar surface area (TPSA) is 58.4 Å². The maximum atomic E-state index is 12.6. The van der Waals surface area contributed by atoms with Gasteiger partial charge in [0.2, 0.25) is 5.91 Å². The molecule has 0 unspecified atom stereocenters. The van der Waals surface area contributed by atoms with Gasteiger partial charge in [0.15, 0.2) is 0 Å². The summed E-state index contributed by atoms with van der Waals surface area (Å²) in [4.78, 5) is 14.3. The molecule has 0 saturated carbocycles. The zero-order valence-corrected chi connectivity index (χ0v) is 12.2. The normalized spacial score (nSPS) is 23.4. The second-order valence-electron chi connectivity index (χ2n) is 5.68. The zero-order valence-electron chi connectivity index (χ0n) is 12.2. The molecule has 19 heavy (non-hydrogen) atoms. The van der Waals surface area contributed by atoms with E-state index in [1.807, 2.05) is 27.8 Å². The second kappa shape index (κ2) is 5.33. The zero-order chi connectivity index (χ0) is 14.0. The number of hydrogen-bond acceptors (Lipinski definition) is 4. The molecule has 1 atom stereocenters. The van der Waals surface area contributed by atoms with E-state index in [1.54, 1.807) is 4.90 Å². The van der Waals surface area contributed by atoms with Crippen LogP contribution in [0.15, 0.2) is 4.52 Å². The molecule has 1 aromatic rings. The van der Waals surface area contributed by atoms with Crippen LogP contribution >= 0.6 is 0 Å². The lowest BCUT2D eigenvalue weighted by atomic mass is 9.89. The number of carbonyl (C=O) groups excluding carboxylic acids is 1. The Bertz CT molecular complexity index is 442. The number of likely N-dealkylation sites (N-methyl/N-ethyl adjacent to an activating group) is 1. The van der Waals surface area contributed by atoms with Gasteiger partial charge in [0, 0.05) is 12.6 Å². The maximum absolute atomic E-state index is 12.6. The number of nitrogens with one attached hydrogen (secondary N) is 1. The molecule has 1 aromatic heterocycles. The first-order valence-corrected chi connectivity index (χ1v) is 6.86. The van der Waals surface area contributed by atoms with Gasteiger partial charge in [-0.15, -0.1) is 0 Å². The highest BCUT2D eigenvalue weighted by atomic mass is 16.5. The van der Waals surface area contributed by atoms with Gasteiger partial charge >= 0.3 is 0 Å². The monoisotopic (exact) mass is 265 g/mol. The summed E-state index contributed by atoms with van der Waals surface area (Å²) in [6.07, 6.45) is 3.16. The van der Waals surface area contributed by atoms with E-state index in [-0.39, 0.29) is 5.91 Å². The quantitative estimate of drug-likeness (QED) is 0.905. The highest BCUT2D eigenvalue weighted by Gasteiger charge is 2.36. The molecule has 1 aliphatic heterocycles. The number of rotatable bonds is 3. The minimum absolute atomic E-state index is 0.146. The summed E-state index contributed by atoms with van der Waals surface area (Å²) in [6, 6.07) is 0. The predicted octanol–water partition coefficient (Wildman–Crippen LogP) is 1.78. The Morgan fingerprint density at radius 1 is 1.47 bits per heavy atom. The first kappa shape index (κ1) is 14.1. The largest absolute Gasteiger partial charge is 0.361 e. The summed E-state index contributed by atoms with van der Waals surface area (Å²) in [7, 11) is 1.84. The van der Waals surface area contributed by atoms with Crippen LogP contribution in [0.5, 0.6) is 0 Å². The van der Waals surface area contributed by atoms with Gasteiger partial charge in [-0.1, -0.05) is 5.16 Å². The van der Waals surface area contributed by atoms with Crippen LogP contribution in [0.2, 0.25) is 0 Å². The van der Waals surface area contributed by atoms with Gasteiger partial charge < -0.3 is 14.7 Å². The van der Waals surface area contributed by atoms with Gasteiger partial charge in [0.05, 0.1) is 17.8 Å². The molecular formula is C14H23N3O2. The predicted molar refractivity (Wildman–Crippen MR) is 72.7 cm³/mol. The summed E-state index contributed by atoms with van der Waals surface area (Å²) in [5.41, 5.74) is 1.44. The smallest absolute Gasteiger partial charge is 0.242 e. The molecule has 0 aromatic carbocycles. The number of aromatic nitrogens is 1. The van der Waals surface area contributed by atoms with Crippen molar-refractivity contribution in [2.75, 3.05) is 13.6 Å². The summed E-state index contributed by atoms with van der Waals surface area (Å²) in [5.74, 6) is 0.936. The van der Waals surface area contributed by atoms with Crippen molar-refractivity contribution in [2.45, 2.75) is 52.1 Å². The third kappa shape index (κ3) is 2.81. The number of hydrogen-bond donors (Lipinski definition) is 1. The lowest BCUT2D eigenvalue weighted by Crippen LogP contribution is -2.57. The van der Waals surface area contributed by atoms with Gasteiger partial charge in [0.25, 0.3) is 0 Å². The van der Waals surface area contributed by atoms with E-state index >= 15 is 0 Å². The van der Waals surface area contributed by atoms with E-state index in [4.69, 9.17) is 4.52 Å². The Balaban J connectivity index is 2.07. The van der Waals surface area contributed by atoms with Crippen molar-refractivity contribution in [3.63, 3.8) is 0 Å². The molecule has 5 nitrogen and oxygen atoms in total. The van der Waals surface area contributed by atoms with E-state index in [2.05, 4.69) is 10.5 Å². The molecule has 0 spiro atoms. The molecule has 5 heteroatoms. The summed E-state index contributed by atoms with van der Waals surface area (Å²) >= 11 is 0. The van der Waals surface area contributed by atoms with Crippen LogP contribution < -0.4 is 5.32 Å². The van der Waals surface area contributed by atoms with Crippen LogP contribution in [0.3, 0.4) is 0 Å². The molecule has 106 valence electrons. The molecule has 0 aliphatic carbocycles. The first-order valence-electron chi connectivity index (χ1n) is 6.86. The number of aryl methyl sites for hydroxylation is 2. The highest BCUT2D eigenvalue weighted by Crippen LogP contribution is 2.22. The van der Waals surface area contributed by atoms with Crippen molar-refractivity contribution in [1.82, 2.24) is 15.4 Å². The molecule has 2 rings (SSSR count). The number of piperidine rings is 1. The van der Waals surface area contributed by atoms with Crippen molar-refractivity contribution >= 4 is 5.91 Å². The van der Waals surface area contributed by atoms with E-state index in [0.29, 0.717) is 6.54 Å². The van der Waals surface area contributed by atoms with Gasteiger partial charge in [-0.2, -0.15) is 0 Å². The summed E-state index contributed by atoms with van der Waals surface area (Å²) in [5, 5.41) is 7.28. The van der Waals surface area contributed by atoms with Crippen molar-refractivity contribution in [3.05, 3.63) is 17.0 Å². The fourth-order valence-corrected chi connectivity index (χ4v) is 2.70. The third-order valence-electron chi connectivity index (χ3n) is 4.01. The molecule has 1 amide bonds. The standard InChI is InChI=1S/C14H23N3O2/c1-10-12(11(2)19-16-10)9-17(4)13(18)14(3)7-5-6-8-15-14/h15H,5-9H2,1-4H3/t14-/m0/s1. The Hall–Kier alpha value is -1.36. The van der Waals surface area contributed by atoms with Crippen LogP contribution in [0.4, 0.5) is 0 Å². The van der Waals surface area contributed by atoms with Crippen molar-refractivity contribution < 1.29 is 9.32 Å². The summed E-state index contributed by atoms with van der Waals surface area (Å²) in [6.45, 7) is 7.26. The van der Waals surface area contributed by atoms with Crippen LogP contribution in [-0.2, 0) is 11.3 Å². The molecule has 1 N–H and O–H groups in total. The molecule has 1 fully saturated rings.